The van der Waals surface area contributed by atoms with Crippen molar-refractivity contribution in [3.63, 3.8) is 0 Å². The lowest BCUT2D eigenvalue weighted by Gasteiger charge is -2.41. The summed E-state index contributed by atoms with van der Waals surface area (Å²) in [5.74, 6) is -2.36. The second kappa shape index (κ2) is 10.9. The first kappa shape index (κ1) is 29.3. The highest BCUT2D eigenvalue weighted by atomic mass is 35.5. The molecule has 2 unspecified atom stereocenters. The molecule has 0 saturated carbocycles. The third-order valence-electron chi connectivity index (χ3n) is 6.44. The average molecular weight is 621 g/mol. The Balaban J connectivity index is 1.58. The summed E-state index contributed by atoms with van der Waals surface area (Å²) in [5.41, 5.74) is -1.72. The molecule has 1 aromatic carbocycles. The van der Waals surface area contributed by atoms with Crippen LogP contribution in [0, 0.1) is 18.6 Å². The highest BCUT2D eigenvalue weighted by Gasteiger charge is 2.49. The Hall–Kier alpha value is -3.21. The van der Waals surface area contributed by atoms with Crippen molar-refractivity contribution in [2.24, 2.45) is 0 Å². The van der Waals surface area contributed by atoms with Crippen LogP contribution >= 0.6 is 23.2 Å². The van der Waals surface area contributed by atoms with Gasteiger partial charge in [-0.2, -0.15) is 23.4 Å². The summed E-state index contributed by atoms with van der Waals surface area (Å²) in [6.07, 6.45) is -7.87. The van der Waals surface area contributed by atoms with E-state index in [2.05, 4.69) is 20.2 Å². The third kappa shape index (κ3) is 5.40. The van der Waals surface area contributed by atoms with E-state index in [9.17, 15) is 37.3 Å². The summed E-state index contributed by atoms with van der Waals surface area (Å²) in [5, 5.41) is 39.5. The molecule has 41 heavy (non-hydrogen) atoms. The van der Waals surface area contributed by atoms with Gasteiger partial charge in [-0.25, -0.2) is 23.4 Å². The minimum Gasteiger partial charge on any atom is -0.394 e. The topological polar surface area (TPSA) is 131 Å². The fourth-order valence-electron chi connectivity index (χ4n) is 4.60. The molecule has 5 rings (SSSR count). The zero-order chi connectivity index (χ0) is 29.8. The van der Waals surface area contributed by atoms with Gasteiger partial charge in [0.2, 0.25) is 0 Å². The van der Waals surface area contributed by atoms with Crippen LogP contribution in [-0.4, -0.2) is 69.8 Å². The highest BCUT2D eigenvalue weighted by Crippen LogP contribution is 2.40. The Morgan fingerprint density at radius 1 is 1.02 bits per heavy atom. The van der Waals surface area contributed by atoms with Gasteiger partial charge >= 0.3 is 6.18 Å². The molecule has 17 heteroatoms. The van der Waals surface area contributed by atoms with E-state index in [1.165, 1.54) is 19.3 Å². The van der Waals surface area contributed by atoms with Crippen LogP contribution in [0.4, 0.5) is 22.0 Å². The first-order valence-corrected chi connectivity index (χ1v) is 12.5. The Kier molecular flexibility index (Phi) is 7.78. The summed E-state index contributed by atoms with van der Waals surface area (Å²) >= 11 is 11.5. The van der Waals surface area contributed by atoms with Gasteiger partial charge < -0.3 is 20.1 Å². The zero-order valence-electron chi connectivity index (χ0n) is 20.6. The number of ether oxygens (including phenoxy) is 1. The number of aliphatic hydroxyl groups excluding tert-OH is 3. The molecule has 1 fully saturated rings. The first-order valence-electron chi connectivity index (χ1n) is 11.8. The number of hydrogen-bond donors (Lipinski definition) is 3. The average Bonchev–Trinajstić information content (AvgIpc) is 3.53. The monoisotopic (exact) mass is 620 g/mol. The number of aliphatic hydroxyl groups is 3. The minimum atomic E-state index is -4.92. The largest absolute Gasteiger partial charge is 0.435 e. The van der Waals surface area contributed by atoms with Crippen LogP contribution in [0.3, 0.4) is 0 Å². The van der Waals surface area contributed by atoms with E-state index >= 15 is 0 Å². The van der Waals surface area contributed by atoms with E-state index in [4.69, 9.17) is 27.9 Å². The van der Waals surface area contributed by atoms with Gasteiger partial charge in [0.05, 0.1) is 23.5 Å². The molecule has 1 aliphatic heterocycles. The fraction of sp³-hybridized carbons (Fsp3) is 0.333. The maximum Gasteiger partial charge on any atom is 0.435 e. The van der Waals surface area contributed by atoms with Crippen molar-refractivity contribution < 1.29 is 42.0 Å². The van der Waals surface area contributed by atoms with Gasteiger partial charge in [0, 0.05) is 18.0 Å². The molecule has 0 bridgehead atoms. The Morgan fingerprint density at radius 2 is 1.71 bits per heavy atom. The number of hydrogen-bond acceptors (Lipinski definition) is 8. The van der Waals surface area contributed by atoms with Crippen molar-refractivity contribution in [1.29, 1.82) is 0 Å². The van der Waals surface area contributed by atoms with Gasteiger partial charge in [0.15, 0.2) is 11.5 Å². The molecule has 4 aromatic rings. The summed E-state index contributed by atoms with van der Waals surface area (Å²) in [7, 11) is 0. The lowest BCUT2D eigenvalue weighted by molar-refractivity contribution is -0.210. The fourth-order valence-corrected chi connectivity index (χ4v) is 4.86. The van der Waals surface area contributed by atoms with Gasteiger partial charge in [0.25, 0.3) is 0 Å². The standard InChI is InChI=1S/C24H19Cl2F5N6O4/c1-9-34-23(37(35-9)15-4-12(25)6-32-22(15)24(29,30)31)21-20(40)18(19(39)16(8-38)41-21)36-7-11(5-33-36)10-2-13(27)17(26)14(28)3-10/h2-7,16,18-21,38-40H,8H2,1H3/t16?,18?,19-,20-,21+/m0/s1. The number of benzene rings is 1. The van der Waals surface area contributed by atoms with Crippen molar-refractivity contribution in [1.82, 2.24) is 29.5 Å². The molecule has 0 spiro atoms. The molecular weight excluding hydrogens is 602 g/mol. The van der Waals surface area contributed by atoms with E-state index in [-0.39, 0.29) is 27.8 Å². The number of nitrogens with zero attached hydrogens (tertiary/aromatic N) is 6. The van der Waals surface area contributed by atoms with Crippen molar-refractivity contribution >= 4 is 23.2 Å². The summed E-state index contributed by atoms with van der Waals surface area (Å²) in [6.45, 7) is 0.628. The Labute approximate surface area is 237 Å². The quantitative estimate of drug-likeness (QED) is 0.227. The van der Waals surface area contributed by atoms with Crippen molar-refractivity contribution in [3.05, 3.63) is 75.8 Å². The normalized spacial score (nSPS) is 23.2. The van der Waals surface area contributed by atoms with Crippen LogP contribution in [0.15, 0.2) is 36.8 Å². The molecular formula is C24H19Cl2F5N6O4. The number of pyridine rings is 1. The van der Waals surface area contributed by atoms with Gasteiger partial charge in [0.1, 0.15) is 52.9 Å². The van der Waals surface area contributed by atoms with E-state index in [1.807, 2.05) is 0 Å². The number of halogens is 7. The second-order valence-corrected chi connectivity index (χ2v) is 9.97. The summed E-state index contributed by atoms with van der Waals surface area (Å²) < 4.78 is 77.0. The molecule has 5 atom stereocenters. The van der Waals surface area contributed by atoms with Crippen LogP contribution in [-0.2, 0) is 10.9 Å². The minimum absolute atomic E-state index is 0.000266. The van der Waals surface area contributed by atoms with E-state index in [0.717, 1.165) is 33.8 Å². The van der Waals surface area contributed by atoms with E-state index in [0.29, 0.717) is 0 Å². The molecule has 0 amide bonds. The Morgan fingerprint density at radius 3 is 2.34 bits per heavy atom. The number of rotatable bonds is 5. The molecule has 0 aliphatic carbocycles. The first-order chi connectivity index (χ1) is 19.3. The van der Waals surface area contributed by atoms with Crippen LogP contribution < -0.4 is 0 Å². The third-order valence-corrected chi connectivity index (χ3v) is 7.01. The molecule has 1 saturated heterocycles. The van der Waals surface area contributed by atoms with Gasteiger partial charge in [-0.1, -0.05) is 23.2 Å². The predicted octanol–water partition coefficient (Wildman–Crippen LogP) is 3.83. The van der Waals surface area contributed by atoms with Crippen LogP contribution in [0.5, 0.6) is 0 Å². The maximum absolute atomic E-state index is 14.0. The van der Waals surface area contributed by atoms with Crippen molar-refractivity contribution in [2.45, 2.75) is 43.6 Å². The van der Waals surface area contributed by atoms with Crippen molar-refractivity contribution in [2.75, 3.05) is 6.61 Å². The molecule has 218 valence electrons. The second-order valence-electron chi connectivity index (χ2n) is 9.16. The smallest absolute Gasteiger partial charge is 0.394 e. The van der Waals surface area contributed by atoms with Gasteiger partial charge in [-0.05, 0) is 30.7 Å². The van der Waals surface area contributed by atoms with Gasteiger partial charge in [-0.3, -0.25) is 4.68 Å². The molecule has 0 radical (unpaired) electrons. The number of aryl methyl sites for hydroxylation is 1. The lowest BCUT2D eigenvalue weighted by atomic mass is 9.92. The van der Waals surface area contributed by atoms with Crippen LogP contribution in [0.25, 0.3) is 16.8 Å². The highest BCUT2D eigenvalue weighted by molar-refractivity contribution is 6.31. The van der Waals surface area contributed by atoms with E-state index in [1.54, 1.807) is 0 Å². The van der Waals surface area contributed by atoms with Crippen LogP contribution in [0.2, 0.25) is 10.0 Å². The van der Waals surface area contributed by atoms with Crippen LogP contribution in [0.1, 0.15) is 29.5 Å². The predicted molar refractivity (Wildman–Crippen MR) is 132 cm³/mol. The number of aromatic nitrogens is 6. The maximum atomic E-state index is 14.0. The molecule has 1 aliphatic rings. The molecule has 4 heterocycles. The number of alkyl halides is 3. The molecule has 3 N–H and O–H groups in total. The van der Waals surface area contributed by atoms with Crippen molar-refractivity contribution in [3.8, 4) is 16.8 Å². The molecule has 10 nitrogen and oxygen atoms in total. The zero-order valence-corrected chi connectivity index (χ0v) is 22.1. The SMILES string of the molecule is Cc1nc([C@@H]2OC(CO)[C@H](O)C(n3cc(-c4cc(F)c(Cl)c(F)c4)cn3)[C@@H]2O)n(-c2cc(Cl)cnc2C(F)(F)F)n1. The van der Waals surface area contributed by atoms with Gasteiger partial charge in [-0.15, -0.1) is 0 Å². The van der Waals surface area contributed by atoms with E-state index < -0.39 is 71.3 Å². The Bertz CT molecular complexity index is 1580. The lowest BCUT2D eigenvalue weighted by Crippen LogP contribution is -2.53. The molecule has 3 aromatic heterocycles. The summed E-state index contributed by atoms with van der Waals surface area (Å²) in [6, 6.07) is 1.52. The summed E-state index contributed by atoms with van der Waals surface area (Å²) in [4.78, 5) is 7.55.